The Labute approximate surface area is 93.3 Å². The molecule has 1 N–H and O–H groups in total. The number of aliphatic hydroxyl groups is 1. The Morgan fingerprint density at radius 1 is 1.50 bits per heavy atom. The van der Waals surface area contributed by atoms with Crippen molar-refractivity contribution in [3.05, 3.63) is 23.5 Å². The maximum absolute atomic E-state index is 11.3. The van der Waals surface area contributed by atoms with Crippen LogP contribution in [0.25, 0.3) is 0 Å². The average molecular weight is 226 g/mol. The molecule has 1 heterocycles. The number of ether oxygens (including phenoxy) is 3. The molecule has 0 spiro atoms. The third-order valence-electron chi connectivity index (χ3n) is 2.49. The molecule has 0 aromatic carbocycles. The molecule has 2 rings (SSSR count). The van der Waals surface area contributed by atoms with E-state index in [0.717, 1.165) is 0 Å². The average Bonchev–Trinajstić information content (AvgIpc) is 2.52. The Balaban J connectivity index is 2.27. The molecule has 0 bridgehead atoms. The number of esters is 1. The molecule has 88 valence electrons. The minimum absolute atomic E-state index is 0.0153. The normalized spacial score (nSPS) is 31.4. The fraction of sp³-hybridized carbons (Fsp3) is 0.545. The van der Waals surface area contributed by atoms with Crippen LogP contribution in [0.15, 0.2) is 23.5 Å². The molecule has 2 aliphatic rings. The smallest absolute Gasteiger partial charge is 0.337 e. The Bertz CT molecular complexity index is 380. The van der Waals surface area contributed by atoms with Crippen LogP contribution in [-0.2, 0) is 19.0 Å². The van der Waals surface area contributed by atoms with E-state index in [9.17, 15) is 9.90 Å². The standard InChI is InChI=1S/C11H14O5/c1-11(2)15-8-5-6(10(13)14-3)4-7(12)9(8)16-11/h4-5,8-9,12H,1-3H3/t8-,9+/m1/s1. The molecule has 1 aliphatic carbocycles. The lowest BCUT2D eigenvalue weighted by atomic mass is 10.0. The van der Waals surface area contributed by atoms with Gasteiger partial charge in [0.25, 0.3) is 0 Å². The second kappa shape index (κ2) is 3.61. The van der Waals surface area contributed by atoms with Crippen LogP contribution in [0.4, 0.5) is 0 Å². The summed E-state index contributed by atoms with van der Waals surface area (Å²) in [4.78, 5) is 11.3. The summed E-state index contributed by atoms with van der Waals surface area (Å²) in [7, 11) is 1.29. The molecular formula is C11H14O5. The van der Waals surface area contributed by atoms with Crippen molar-refractivity contribution in [3.8, 4) is 0 Å². The summed E-state index contributed by atoms with van der Waals surface area (Å²) in [5.41, 5.74) is 0.280. The molecule has 0 aromatic rings. The van der Waals surface area contributed by atoms with Crippen molar-refractivity contribution in [1.82, 2.24) is 0 Å². The minimum Gasteiger partial charge on any atom is -0.509 e. The van der Waals surface area contributed by atoms with E-state index in [4.69, 9.17) is 9.47 Å². The molecule has 0 unspecified atom stereocenters. The van der Waals surface area contributed by atoms with E-state index >= 15 is 0 Å². The molecule has 16 heavy (non-hydrogen) atoms. The van der Waals surface area contributed by atoms with Crippen LogP contribution in [0.1, 0.15) is 13.8 Å². The largest absolute Gasteiger partial charge is 0.509 e. The topological polar surface area (TPSA) is 65.0 Å². The quantitative estimate of drug-likeness (QED) is 0.677. The maximum Gasteiger partial charge on any atom is 0.337 e. The highest BCUT2D eigenvalue weighted by atomic mass is 16.8. The van der Waals surface area contributed by atoms with Gasteiger partial charge in [-0.05, 0) is 26.0 Å². The lowest BCUT2D eigenvalue weighted by molar-refractivity contribution is -0.142. The van der Waals surface area contributed by atoms with Crippen LogP contribution < -0.4 is 0 Å². The number of carbonyl (C=O) groups is 1. The highest BCUT2D eigenvalue weighted by Gasteiger charge is 2.44. The number of aliphatic hydroxyl groups excluding tert-OH is 1. The van der Waals surface area contributed by atoms with Gasteiger partial charge in [0, 0.05) is 0 Å². The van der Waals surface area contributed by atoms with E-state index in [0.29, 0.717) is 0 Å². The van der Waals surface area contributed by atoms with E-state index in [1.54, 1.807) is 19.9 Å². The fourth-order valence-corrected chi connectivity index (χ4v) is 1.85. The second-order valence-electron chi connectivity index (χ2n) is 4.20. The van der Waals surface area contributed by atoms with Crippen LogP contribution in [0.5, 0.6) is 0 Å². The number of hydrogen-bond acceptors (Lipinski definition) is 5. The van der Waals surface area contributed by atoms with Gasteiger partial charge in [-0.1, -0.05) is 0 Å². The van der Waals surface area contributed by atoms with Crippen molar-refractivity contribution in [1.29, 1.82) is 0 Å². The van der Waals surface area contributed by atoms with Crippen LogP contribution in [0.3, 0.4) is 0 Å². The van der Waals surface area contributed by atoms with Gasteiger partial charge in [0.05, 0.1) is 12.7 Å². The van der Waals surface area contributed by atoms with Crippen LogP contribution in [0.2, 0.25) is 0 Å². The Morgan fingerprint density at radius 3 is 2.81 bits per heavy atom. The molecule has 1 aliphatic heterocycles. The zero-order valence-corrected chi connectivity index (χ0v) is 9.39. The van der Waals surface area contributed by atoms with Gasteiger partial charge >= 0.3 is 5.97 Å². The number of methoxy groups -OCH3 is 1. The lowest BCUT2D eigenvalue weighted by Gasteiger charge is -2.18. The zero-order valence-electron chi connectivity index (χ0n) is 9.39. The molecule has 0 amide bonds. The van der Waals surface area contributed by atoms with Crippen molar-refractivity contribution >= 4 is 5.97 Å². The van der Waals surface area contributed by atoms with E-state index in [2.05, 4.69) is 4.74 Å². The molecule has 0 aromatic heterocycles. The first kappa shape index (κ1) is 11.2. The van der Waals surface area contributed by atoms with Crippen molar-refractivity contribution in [3.63, 3.8) is 0 Å². The number of fused-ring (bicyclic) bond motifs is 1. The van der Waals surface area contributed by atoms with Gasteiger partial charge in [-0.2, -0.15) is 0 Å². The summed E-state index contributed by atoms with van der Waals surface area (Å²) in [5.74, 6) is -1.28. The van der Waals surface area contributed by atoms with Gasteiger partial charge in [0.2, 0.25) is 0 Å². The van der Waals surface area contributed by atoms with Crippen LogP contribution in [-0.4, -0.2) is 36.2 Å². The predicted molar refractivity (Wildman–Crippen MR) is 54.6 cm³/mol. The summed E-state index contributed by atoms with van der Waals surface area (Å²) in [6, 6.07) is 0. The number of carbonyl (C=O) groups excluding carboxylic acids is 1. The molecule has 2 atom stereocenters. The predicted octanol–water partition coefficient (Wildman–Crippen LogP) is 1.06. The van der Waals surface area contributed by atoms with Gasteiger partial charge in [-0.15, -0.1) is 0 Å². The molecule has 0 radical (unpaired) electrons. The summed E-state index contributed by atoms with van der Waals surface area (Å²) in [6.45, 7) is 3.51. The molecule has 5 heteroatoms. The maximum atomic E-state index is 11.3. The summed E-state index contributed by atoms with van der Waals surface area (Å²) < 4.78 is 15.6. The summed E-state index contributed by atoms with van der Waals surface area (Å²) in [5, 5.41) is 9.73. The van der Waals surface area contributed by atoms with E-state index in [1.165, 1.54) is 13.2 Å². The van der Waals surface area contributed by atoms with E-state index in [-0.39, 0.29) is 11.3 Å². The molecule has 5 nitrogen and oxygen atoms in total. The lowest BCUT2D eigenvalue weighted by Crippen LogP contribution is -2.27. The molecule has 1 saturated heterocycles. The van der Waals surface area contributed by atoms with Gasteiger partial charge in [-0.25, -0.2) is 4.79 Å². The third-order valence-corrected chi connectivity index (χ3v) is 2.49. The van der Waals surface area contributed by atoms with Gasteiger partial charge in [0.15, 0.2) is 5.79 Å². The van der Waals surface area contributed by atoms with Gasteiger partial charge in [-0.3, -0.25) is 0 Å². The first-order valence-corrected chi connectivity index (χ1v) is 4.99. The molecule has 1 fully saturated rings. The highest BCUT2D eigenvalue weighted by molar-refractivity contribution is 5.92. The molecule has 0 saturated carbocycles. The number of hydrogen-bond donors (Lipinski definition) is 1. The Morgan fingerprint density at radius 2 is 2.19 bits per heavy atom. The monoisotopic (exact) mass is 226 g/mol. The first-order chi connectivity index (χ1) is 7.43. The number of rotatable bonds is 1. The van der Waals surface area contributed by atoms with Crippen molar-refractivity contribution in [2.45, 2.75) is 31.8 Å². The van der Waals surface area contributed by atoms with E-state index < -0.39 is 24.0 Å². The molecular weight excluding hydrogens is 212 g/mol. The van der Waals surface area contributed by atoms with Crippen LogP contribution in [0, 0.1) is 0 Å². The Kier molecular flexibility index (Phi) is 2.52. The minimum atomic E-state index is -0.765. The summed E-state index contributed by atoms with van der Waals surface area (Å²) >= 11 is 0. The zero-order chi connectivity index (χ0) is 11.9. The fourth-order valence-electron chi connectivity index (χ4n) is 1.85. The van der Waals surface area contributed by atoms with Gasteiger partial charge in [0.1, 0.15) is 18.0 Å². The van der Waals surface area contributed by atoms with Crippen molar-refractivity contribution < 1.29 is 24.1 Å². The SMILES string of the molecule is COC(=O)C1=C[C@H]2OC(C)(C)O[C@H]2C(O)=C1. The summed E-state index contributed by atoms with van der Waals surface area (Å²) in [6.07, 6.45) is 1.96. The van der Waals surface area contributed by atoms with Crippen LogP contribution >= 0.6 is 0 Å². The second-order valence-corrected chi connectivity index (χ2v) is 4.20. The highest BCUT2D eigenvalue weighted by Crippen LogP contribution is 2.35. The van der Waals surface area contributed by atoms with Crippen molar-refractivity contribution in [2.24, 2.45) is 0 Å². The third kappa shape index (κ3) is 1.83. The van der Waals surface area contributed by atoms with E-state index in [1.807, 2.05) is 0 Å². The first-order valence-electron chi connectivity index (χ1n) is 4.99. The van der Waals surface area contributed by atoms with Gasteiger partial charge < -0.3 is 19.3 Å². The van der Waals surface area contributed by atoms with Crippen molar-refractivity contribution in [2.75, 3.05) is 7.11 Å². The Hall–Kier alpha value is -1.33.